The lowest BCUT2D eigenvalue weighted by Crippen LogP contribution is -2.32. The summed E-state index contributed by atoms with van der Waals surface area (Å²) < 4.78 is 4.97. The number of ether oxygens (including phenoxy) is 1. The Morgan fingerprint density at radius 2 is 2.06 bits per heavy atom. The summed E-state index contributed by atoms with van der Waals surface area (Å²) in [6, 6.07) is 10.1. The van der Waals surface area contributed by atoms with E-state index in [1.165, 1.54) is 5.56 Å². The van der Waals surface area contributed by atoms with Crippen molar-refractivity contribution in [3.05, 3.63) is 42.8 Å². The van der Waals surface area contributed by atoms with E-state index in [-0.39, 0.29) is 12.5 Å². The van der Waals surface area contributed by atoms with E-state index in [2.05, 4.69) is 19.1 Å². The topological polar surface area (TPSA) is 29.5 Å². The molecule has 1 rings (SSSR count). The first-order valence-corrected chi connectivity index (χ1v) is 5.39. The number of carbonyl (C=O) groups is 1. The van der Waals surface area contributed by atoms with Gasteiger partial charge in [0.2, 0.25) is 5.91 Å². The second kappa shape index (κ2) is 7.01. The van der Waals surface area contributed by atoms with Gasteiger partial charge >= 0.3 is 0 Å². The number of amides is 1. The minimum atomic E-state index is -0.000388. The van der Waals surface area contributed by atoms with Crippen molar-refractivity contribution in [2.75, 3.05) is 26.8 Å². The van der Waals surface area contributed by atoms with Gasteiger partial charge < -0.3 is 9.64 Å². The predicted molar refractivity (Wildman–Crippen MR) is 64.0 cm³/mol. The van der Waals surface area contributed by atoms with Crippen molar-refractivity contribution in [2.24, 2.45) is 0 Å². The maximum Gasteiger partial charge on any atom is 0.248 e. The van der Waals surface area contributed by atoms with Gasteiger partial charge in [0.05, 0.1) is 0 Å². The molecule has 0 unspecified atom stereocenters. The Morgan fingerprint density at radius 3 is 2.69 bits per heavy atom. The minimum Gasteiger partial charge on any atom is -0.372 e. The molecule has 0 saturated carbocycles. The van der Waals surface area contributed by atoms with Gasteiger partial charge in [0.15, 0.2) is 0 Å². The van der Waals surface area contributed by atoms with Crippen molar-refractivity contribution in [2.45, 2.75) is 6.42 Å². The Bertz CT molecular complexity index is 311. The van der Waals surface area contributed by atoms with E-state index in [0.717, 1.165) is 6.42 Å². The Balaban J connectivity index is 2.29. The second-order valence-corrected chi connectivity index (χ2v) is 3.60. The summed E-state index contributed by atoms with van der Waals surface area (Å²) in [4.78, 5) is 13.2. The number of hydrogen-bond acceptors (Lipinski definition) is 2. The van der Waals surface area contributed by atoms with E-state index < -0.39 is 0 Å². The van der Waals surface area contributed by atoms with Crippen LogP contribution in [0.3, 0.4) is 0 Å². The van der Waals surface area contributed by atoms with Crippen LogP contribution in [0.1, 0.15) is 5.56 Å². The average molecular weight is 220 g/mol. The maximum atomic E-state index is 11.5. The molecule has 16 heavy (non-hydrogen) atoms. The highest BCUT2D eigenvalue weighted by Gasteiger charge is 2.07. The summed E-state index contributed by atoms with van der Waals surface area (Å²) in [5.41, 5.74) is 1.24. The molecule has 0 aliphatic rings. The number of hydrogen-bond donors (Lipinski definition) is 0. The van der Waals surface area contributed by atoms with Crippen LogP contribution in [0.15, 0.2) is 30.3 Å². The molecule has 87 valence electrons. The predicted octanol–water partition coefficient (Wildman–Crippen LogP) is 1.54. The van der Waals surface area contributed by atoms with Crippen LogP contribution in [0.25, 0.3) is 0 Å². The summed E-state index contributed by atoms with van der Waals surface area (Å²) in [6.07, 6.45) is 0.869. The van der Waals surface area contributed by atoms with Gasteiger partial charge in [-0.1, -0.05) is 30.3 Å². The second-order valence-electron chi connectivity index (χ2n) is 3.60. The normalized spacial score (nSPS) is 10.1. The first kappa shape index (κ1) is 12.7. The van der Waals surface area contributed by atoms with Gasteiger partial charge in [-0.3, -0.25) is 4.79 Å². The number of benzene rings is 1. The van der Waals surface area contributed by atoms with E-state index >= 15 is 0 Å². The molecule has 0 aromatic heterocycles. The van der Waals surface area contributed by atoms with E-state index in [0.29, 0.717) is 13.2 Å². The third-order valence-electron chi connectivity index (χ3n) is 2.37. The Hall–Kier alpha value is -1.35. The highest BCUT2D eigenvalue weighted by Crippen LogP contribution is 2.00. The average Bonchev–Trinajstić information content (AvgIpc) is 2.34. The van der Waals surface area contributed by atoms with Gasteiger partial charge in [-0.2, -0.15) is 0 Å². The minimum absolute atomic E-state index is 0.000388. The summed E-state index contributed by atoms with van der Waals surface area (Å²) in [6.45, 7) is 4.68. The van der Waals surface area contributed by atoms with Crippen molar-refractivity contribution in [3.8, 4) is 0 Å². The molecule has 3 nitrogen and oxygen atoms in total. The van der Waals surface area contributed by atoms with Crippen LogP contribution in [0, 0.1) is 6.92 Å². The molecule has 1 amide bonds. The molecular weight excluding hydrogens is 202 g/mol. The SMILES string of the molecule is [CH2]COCC(=O)N(C)CCc1ccccc1. The van der Waals surface area contributed by atoms with Gasteiger partial charge in [0.25, 0.3) is 0 Å². The van der Waals surface area contributed by atoms with Crippen molar-refractivity contribution in [1.82, 2.24) is 4.90 Å². The smallest absolute Gasteiger partial charge is 0.248 e. The quantitative estimate of drug-likeness (QED) is 0.727. The monoisotopic (exact) mass is 220 g/mol. The first-order chi connectivity index (χ1) is 7.74. The maximum absolute atomic E-state index is 11.5. The Labute approximate surface area is 97.0 Å². The molecule has 0 bridgehead atoms. The lowest BCUT2D eigenvalue weighted by molar-refractivity contribution is -0.134. The molecule has 0 N–H and O–H groups in total. The van der Waals surface area contributed by atoms with E-state index in [1.54, 1.807) is 11.9 Å². The Morgan fingerprint density at radius 1 is 1.38 bits per heavy atom. The molecular formula is C13H18NO2. The standard InChI is InChI=1S/C13H18NO2/c1-3-16-11-13(15)14(2)10-9-12-7-5-4-6-8-12/h4-8H,1,3,9-11H2,2H3. The molecule has 1 aromatic carbocycles. The molecule has 0 heterocycles. The molecule has 3 heteroatoms. The molecule has 0 fully saturated rings. The third-order valence-corrected chi connectivity index (χ3v) is 2.37. The van der Waals surface area contributed by atoms with Crippen LogP contribution in [-0.2, 0) is 16.0 Å². The van der Waals surface area contributed by atoms with Crippen LogP contribution < -0.4 is 0 Å². The number of carbonyl (C=O) groups excluding carboxylic acids is 1. The molecule has 0 spiro atoms. The lowest BCUT2D eigenvalue weighted by Gasteiger charge is -2.16. The summed E-state index contributed by atoms with van der Waals surface area (Å²) in [7, 11) is 1.79. The van der Waals surface area contributed by atoms with Gasteiger partial charge in [-0.05, 0) is 18.9 Å². The van der Waals surface area contributed by atoms with Gasteiger partial charge in [-0.25, -0.2) is 0 Å². The number of nitrogens with zero attached hydrogens (tertiary/aromatic N) is 1. The van der Waals surface area contributed by atoms with Crippen molar-refractivity contribution >= 4 is 5.91 Å². The van der Waals surface area contributed by atoms with E-state index in [4.69, 9.17) is 4.74 Å². The fourth-order valence-corrected chi connectivity index (χ4v) is 1.34. The van der Waals surface area contributed by atoms with Crippen LogP contribution in [0.4, 0.5) is 0 Å². The zero-order chi connectivity index (χ0) is 11.8. The summed E-state index contributed by atoms with van der Waals surface area (Å²) in [5, 5.41) is 0. The molecule has 1 radical (unpaired) electrons. The molecule has 1 aromatic rings. The van der Waals surface area contributed by atoms with Crippen molar-refractivity contribution < 1.29 is 9.53 Å². The number of rotatable bonds is 6. The number of likely N-dealkylation sites (N-methyl/N-ethyl adjacent to an activating group) is 1. The molecule has 0 aliphatic carbocycles. The summed E-state index contributed by atoms with van der Waals surface area (Å²) >= 11 is 0. The fourth-order valence-electron chi connectivity index (χ4n) is 1.34. The zero-order valence-electron chi connectivity index (χ0n) is 9.69. The highest BCUT2D eigenvalue weighted by atomic mass is 16.5. The van der Waals surface area contributed by atoms with Crippen molar-refractivity contribution in [1.29, 1.82) is 0 Å². The first-order valence-electron chi connectivity index (χ1n) is 5.39. The third kappa shape index (κ3) is 4.45. The van der Waals surface area contributed by atoms with Gasteiger partial charge in [-0.15, -0.1) is 0 Å². The molecule has 0 saturated heterocycles. The van der Waals surface area contributed by atoms with E-state index in [1.807, 2.05) is 18.2 Å². The van der Waals surface area contributed by atoms with Crippen LogP contribution in [0.2, 0.25) is 0 Å². The lowest BCUT2D eigenvalue weighted by atomic mass is 10.1. The fraction of sp³-hybridized carbons (Fsp3) is 0.385. The van der Waals surface area contributed by atoms with Gasteiger partial charge in [0, 0.05) is 20.2 Å². The van der Waals surface area contributed by atoms with Crippen LogP contribution in [-0.4, -0.2) is 37.6 Å². The van der Waals surface area contributed by atoms with E-state index in [9.17, 15) is 4.79 Å². The molecule has 0 atom stereocenters. The van der Waals surface area contributed by atoms with Crippen LogP contribution in [0.5, 0.6) is 0 Å². The summed E-state index contributed by atoms with van der Waals surface area (Å²) in [5.74, 6) is -0.000388. The molecule has 0 aliphatic heterocycles. The van der Waals surface area contributed by atoms with Crippen molar-refractivity contribution in [3.63, 3.8) is 0 Å². The Kier molecular flexibility index (Phi) is 5.57. The van der Waals surface area contributed by atoms with Crippen LogP contribution >= 0.6 is 0 Å². The zero-order valence-corrected chi connectivity index (χ0v) is 9.69. The largest absolute Gasteiger partial charge is 0.372 e. The highest BCUT2D eigenvalue weighted by molar-refractivity contribution is 5.77. The van der Waals surface area contributed by atoms with Gasteiger partial charge in [0.1, 0.15) is 6.61 Å².